The Balaban J connectivity index is 1.18. The van der Waals surface area contributed by atoms with Crippen LogP contribution in [0, 0.1) is 0 Å². The van der Waals surface area contributed by atoms with Gasteiger partial charge in [0.05, 0.1) is 18.8 Å². The number of nitrogens with two attached hydrogens (primary N) is 2. The highest BCUT2D eigenvalue weighted by atomic mass is 32.5. The number of anilines is 2. The van der Waals surface area contributed by atoms with Crippen molar-refractivity contribution >= 4 is 72.7 Å². The second kappa shape index (κ2) is 11.6. The average Bonchev–Trinajstić information content (AvgIpc) is 3.77. The summed E-state index contributed by atoms with van der Waals surface area (Å²) in [4.78, 5) is 35.5. The van der Waals surface area contributed by atoms with Crippen LogP contribution in [0.4, 0.5) is 20.4 Å². The lowest BCUT2D eigenvalue weighted by Crippen LogP contribution is -2.41. The molecule has 4 aromatic heterocycles. The highest BCUT2D eigenvalue weighted by Crippen LogP contribution is 2.53. The lowest BCUT2D eigenvalue weighted by molar-refractivity contribution is -0.0242. The van der Waals surface area contributed by atoms with Gasteiger partial charge in [0.25, 0.3) is 0 Å². The largest absolute Gasteiger partial charge is 0.382 e. The van der Waals surface area contributed by atoms with E-state index in [0.717, 1.165) is 0 Å². The van der Waals surface area contributed by atoms with Crippen molar-refractivity contribution in [3.8, 4) is 0 Å². The zero-order valence-electron chi connectivity index (χ0n) is 22.8. The Hall–Kier alpha value is -2.49. The molecule has 24 heteroatoms. The molecule has 3 saturated heterocycles. The molecule has 7 heterocycles. The number of ether oxygens (including phenoxy) is 2. The van der Waals surface area contributed by atoms with Crippen LogP contribution in [0.25, 0.3) is 22.3 Å². The van der Waals surface area contributed by atoms with Gasteiger partial charge in [0, 0.05) is 12.7 Å². The molecule has 10 atom stereocenters. The van der Waals surface area contributed by atoms with Gasteiger partial charge >= 0.3 is 7.67 Å². The summed E-state index contributed by atoms with van der Waals surface area (Å²) in [6, 6.07) is 0. The number of imidazole rings is 2. The number of nitrogens with one attached hydrogen (secondary N) is 2. The summed E-state index contributed by atoms with van der Waals surface area (Å²) in [5.41, 5.74) is 12.6. The Kier molecular flexibility index (Phi) is 8.05. The van der Waals surface area contributed by atoms with E-state index in [1.165, 1.54) is 34.4 Å². The molecule has 0 bridgehead atoms. The number of fused-ring (bicyclic) bond motifs is 4. The topological polar surface area (TPSA) is 238 Å². The van der Waals surface area contributed by atoms with E-state index in [0.29, 0.717) is 0 Å². The van der Waals surface area contributed by atoms with E-state index in [4.69, 9.17) is 41.8 Å². The van der Waals surface area contributed by atoms with Crippen LogP contribution in [-0.2, 0) is 34.9 Å². The fraction of sp³-hybridized carbons (Fsp3) is 0.524. The molecule has 0 saturated carbocycles. The fourth-order valence-electron chi connectivity index (χ4n) is 5.61. The van der Waals surface area contributed by atoms with E-state index in [-0.39, 0.29) is 53.1 Å². The lowest BCUT2D eigenvalue weighted by atomic mass is 10.1. The third-order valence-electron chi connectivity index (χ3n) is 7.74. The minimum Gasteiger partial charge on any atom is -0.382 e. The van der Waals surface area contributed by atoms with Crippen molar-refractivity contribution in [2.75, 3.05) is 24.2 Å². The van der Waals surface area contributed by atoms with Crippen molar-refractivity contribution in [1.82, 2.24) is 48.6 Å². The Morgan fingerprint density at radius 2 is 1.47 bits per heavy atom. The summed E-state index contributed by atoms with van der Waals surface area (Å²) in [7, 11) is -4.16. The number of aromatic nitrogens is 8. The summed E-state index contributed by atoms with van der Waals surface area (Å²) in [5.74, 6) is 0.168. The van der Waals surface area contributed by atoms with Gasteiger partial charge in [-0.25, -0.2) is 43.8 Å². The van der Waals surface area contributed by atoms with E-state index in [9.17, 15) is 9.46 Å². The molecule has 0 radical (unpaired) electrons. The van der Waals surface area contributed by atoms with Gasteiger partial charge in [-0.15, -0.1) is 0 Å². The van der Waals surface area contributed by atoms with Crippen LogP contribution in [0.5, 0.6) is 0 Å². The normalized spacial score (nSPS) is 37.7. The molecule has 18 nitrogen and oxygen atoms in total. The van der Waals surface area contributed by atoms with Gasteiger partial charge in [-0.2, -0.15) is 4.49 Å². The molecule has 45 heavy (non-hydrogen) atoms. The highest BCUT2D eigenvalue weighted by Gasteiger charge is 2.53. The molecule has 0 spiro atoms. The Morgan fingerprint density at radius 1 is 0.933 bits per heavy atom. The number of hydrogen-bond acceptors (Lipinski definition) is 15. The van der Waals surface area contributed by atoms with Crippen LogP contribution in [-0.4, -0.2) is 93.4 Å². The minimum absolute atomic E-state index is 0.0835. The summed E-state index contributed by atoms with van der Waals surface area (Å²) in [5, 5.41) is 2.64. The molecule has 3 fully saturated rings. The van der Waals surface area contributed by atoms with Crippen molar-refractivity contribution in [1.29, 1.82) is 0 Å². The maximum absolute atomic E-state index is 16.2. The molecule has 0 aromatic carbocycles. The quantitative estimate of drug-likeness (QED) is 0.128. The monoisotopic (exact) mass is 706 g/mol. The SMILES string of the molecule is Nc1ncnc2c1ncn2[C@@H]1O[C@@H]2CCP(O)(=S)O[C@H]3[C@@H](F)[C@H](n4cnc5c(N)ncnc54)O[C@@H]3CNP(=O)(NS)O[C@H]2[C@H]1F. The van der Waals surface area contributed by atoms with Gasteiger partial charge in [0.15, 0.2) is 54.2 Å². The predicted octanol–water partition coefficient (Wildman–Crippen LogP) is 0.910. The standard InChI is InChI=1S/C21H26F2N12O6P2S2/c22-10-14-8(38-20(10)34-6-30-12-16(24)26-4-28-18(12)34)1-2-42(36,45)40-15-9(3-32-43(37,33-44)41-14)39-21(11(15)23)35-7-31-13-17(25)27-5-29-19(13)35/h4-11,14-15,20-21,44H,1-3H2,(H,36,45)(H2,24,26,28)(H2,25,27,29)(H2,32,33,37)/t8-,9-,10-,11-,14-,15-,20-,21-,42?,43?/m1/s1. The van der Waals surface area contributed by atoms with Crippen LogP contribution in [0.1, 0.15) is 18.9 Å². The predicted molar refractivity (Wildman–Crippen MR) is 161 cm³/mol. The molecule has 0 amide bonds. The Labute approximate surface area is 262 Å². The number of hydrogen-bond donors (Lipinski definition) is 6. The van der Waals surface area contributed by atoms with Crippen molar-refractivity contribution in [2.24, 2.45) is 0 Å². The van der Waals surface area contributed by atoms with Crippen molar-refractivity contribution in [2.45, 2.75) is 55.6 Å². The van der Waals surface area contributed by atoms with Crippen molar-refractivity contribution < 1.29 is 36.8 Å². The van der Waals surface area contributed by atoms with Crippen molar-refractivity contribution in [3.05, 3.63) is 25.3 Å². The second-order valence-corrected chi connectivity index (χ2v) is 16.6. The first-order valence-electron chi connectivity index (χ1n) is 13.4. The van der Waals surface area contributed by atoms with Crippen LogP contribution in [0.15, 0.2) is 25.3 Å². The van der Waals surface area contributed by atoms with E-state index in [1.807, 2.05) is 0 Å². The van der Waals surface area contributed by atoms with Crippen LogP contribution >= 0.6 is 27.0 Å². The van der Waals surface area contributed by atoms with Crippen molar-refractivity contribution in [3.63, 3.8) is 0 Å². The number of nitrogen functional groups attached to an aromatic ring is 2. The zero-order valence-corrected chi connectivity index (χ0v) is 26.3. The molecular weight excluding hydrogens is 680 g/mol. The molecule has 0 aliphatic carbocycles. The number of rotatable bonds is 3. The van der Waals surface area contributed by atoms with Crippen LogP contribution in [0.2, 0.25) is 0 Å². The second-order valence-electron chi connectivity index (χ2n) is 10.5. The smallest absolute Gasteiger partial charge is 0.350 e. The first-order chi connectivity index (χ1) is 21.5. The molecular formula is C21H26F2N12O6P2S2. The van der Waals surface area contributed by atoms with E-state index in [2.05, 4.69) is 52.3 Å². The number of thiol groups is 1. The van der Waals surface area contributed by atoms with Gasteiger partial charge in [-0.05, 0) is 18.2 Å². The summed E-state index contributed by atoms with van der Waals surface area (Å²) in [6.45, 7) is -4.09. The molecule has 242 valence electrons. The molecule has 4 aromatic rings. The maximum atomic E-state index is 16.2. The first kappa shape index (κ1) is 31.1. The van der Waals surface area contributed by atoms with Gasteiger partial charge in [0.1, 0.15) is 42.0 Å². The third kappa shape index (κ3) is 5.50. The number of alkyl halides is 2. The number of nitrogens with zero attached hydrogens (tertiary/aromatic N) is 8. The summed E-state index contributed by atoms with van der Waals surface area (Å²) < 4.78 is 74.6. The third-order valence-corrected chi connectivity index (χ3v) is 12.1. The van der Waals surface area contributed by atoms with Gasteiger partial charge in [-0.1, -0.05) is 12.8 Å². The van der Waals surface area contributed by atoms with E-state index in [1.54, 1.807) is 0 Å². The molecule has 7 N–H and O–H groups in total. The van der Waals surface area contributed by atoms with Crippen LogP contribution < -0.4 is 21.0 Å². The first-order valence-corrected chi connectivity index (χ1v) is 18.3. The van der Waals surface area contributed by atoms with E-state index >= 15 is 8.78 Å². The molecule has 7 rings (SSSR count). The summed E-state index contributed by atoms with van der Waals surface area (Å²) in [6.07, 6.45) is -7.00. The Bertz CT molecular complexity index is 1860. The van der Waals surface area contributed by atoms with Gasteiger partial charge in [-0.3, -0.25) is 18.2 Å². The highest BCUT2D eigenvalue weighted by molar-refractivity contribution is 8.09. The Morgan fingerprint density at radius 3 is 2.02 bits per heavy atom. The maximum Gasteiger partial charge on any atom is 0.350 e. The molecule has 3 aliphatic rings. The fourth-order valence-corrected chi connectivity index (χ4v) is 9.10. The minimum atomic E-state index is -4.16. The summed E-state index contributed by atoms with van der Waals surface area (Å²) >= 11 is 9.36. The van der Waals surface area contributed by atoms with E-state index < -0.39 is 63.4 Å². The van der Waals surface area contributed by atoms with Crippen LogP contribution in [0.3, 0.4) is 0 Å². The molecule has 2 unspecified atom stereocenters. The van der Waals surface area contributed by atoms with Gasteiger partial charge in [0.2, 0.25) is 0 Å². The number of halogens is 2. The van der Waals surface area contributed by atoms with Gasteiger partial charge < -0.3 is 30.4 Å². The zero-order chi connectivity index (χ0) is 31.7. The molecule has 3 aliphatic heterocycles. The average molecular weight is 707 g/mol. The lowest BCUT2D eigenvalue weighted by Gasteiger charge is -2.30.